The third-order valence-electron chi connectivity index (χ3n) is 3.08. The van der Waals surface area contributed by atoms with Gasteiger partial charge in [0.05, 0.1) is 5.97 Å². The maximum Gasteiger partial charge on any atom is 0.344 e. The SMILES string of the molecule is CC(=O)OCC(=O)OC1(C(F)C(=O)[O-])CCCCC1. The average molecular weight is 275 g/mol. The standard InChI is InChI=1S/C12H17FO6/c1-8(14)18-7-9(15)19-12(10(13)11(16)17)5-3-2-4-6-12/h10H,2-7H2,1H3,(H,16,17)/p-1. The van der Waals surface area contributed by atoms with Crippen molar-refractivity contribution >= 4 is 17.9 Å². The summed E-state index contributed by atoms with van der Waals surface area (Å²) in [6, 6.07) is 0. The molecule has 0 spiro atoms. The van der Waals surface area contributed by atoms with Gasteiger partial charge in [-0.3, -0.25) is 4.79 Å². The number of hydrogen-bond acceptors (Lipinski definition) is 6. The minimum Gasteiger partial charge on any atom is -0.547 e. The summed E-state index contributed by atoms with van der Waals surface area (Å²) in [6.45, 7) is 0.458. The van der Waals surface area contributed by atoms with Gasteiger partial charge in [-0.2, -0.15) is 0 Å². The zero-order chi connectivity index (χ0) is 14.5. The van der Waals surface area contributed by atoms with Crippen molar-refractivity contribution in [3.63, 3.8) is 0 Å². The Morgan fingerprint density at radius 1 is 1.26 bits per heavy atom. The maximum atomic E-state index is 13.8. The molecule has 0 amide bonds. The largest absolute Gasteiger partial charge is 0.547 e. The lowest BCUT2D eigenvalue weighted by Crippen LogP contribution is -2.54. The van der Waals surface area contributed by atoms with Gasteiger partial charge in [-0.1, -0.05) is 6.42 Å². The van der Waals surface area contributed by atoms with Crippen molar-refractivity contribution in [3.8, 4) is 0 Å². The summed E-state index contributed by atoms with van der Waals surface area (Å²) in [5.74, 6) is -3.53. The van der Waals surface area contributed by atoms with Crippen molar-refractivity contribution in [3.05, 3.63) is 0 Å². The fourth-order valence-electron chi connectivity index (χ4n) is 2.19. The lowest BCUT2D eigenvalue weighted by molar-refractivity contribution is -0.318. The van der Waals surface area contributed by atoms with Crippen molar-refractivity contribution in [2.75, 3.05) is 6.61 Å². The number of ether oxygens (including phenoxy) is 2. The van der Waals surface area contributed by atoms with E-state index in [9.17, 15) is 23.9 Å². The molecule has 6 nitrogen and oxygen atoms in total. The summed E-state index contributed by atoms with van der Waals surface area (Å²) >= 11 is 0. The van der Waals surface area contributed by atoms with Crippen molar-refractivity contribution in [1.82, 2.24) is 0 Å². The second kappa shape index (κ2) is 6.49. The Morgan fingerprint density at radius 3 is 2.32 bits per heavy atom. The number of carbonyl (C=O) groups is 3. The van der Waals surface area contributed by atoms with Crippen LogP contribution in [0.4, 0.5) is 4.39 Å². The first kappa shape index (κ1) is 15.4. The minimum absolute atomic E-state index is 0.119. The van der Waals surface area contributed by atoms with Crippen molar-refractivity contribution < 1.29 is 33.4 Å². The van der Waals surface area contributed by atoms with E-state index in [0.717, 1.165) is 13.3 Å². The first-order chi connectivity index (χ1) is 8.87. The molecule has 0 aliphatic heterocycles. The normalized spacial score (nSPS) is 19.3. The number of carbonyl (C=O) groups excluding carboxylic acids is 3. The van der Waals surface area contributed by atoms with E-state index < -0.39 is 36.3 Å². The number of rotatable bonds is 5. The van der Waals surface area contributed by atoms with Crippen LogP contribution in [0.2, 0.25) is 0 Å². The summed E-state index contributed by atoms with van der Waals surface area (Å²) in [7, 11) is 0. The first-order valence-corrected chi connectivity index (χ1v) is 6.07. The average Bonchev–Trinajstić information content (AvgIpc) is 2.36. The molecule has 0 aromatic heterocycles. The van der Waals surface area contributed by atoms with Crippen LogP contribution in [-0.2, 0) is 23.9 Å². The van der Waals surface area contributed by atoms with Gasteiger partial charge in [0.15, 0.2) is 12.8 Å². The van der Waals surface area contributed by atoms with Gasteiger partial charge in [-0.05, 0) is 25.7 Å². The highest BCUT2D eigenvalue weighted by Crippen LogP contribution is 2.36. The Bertz CT molecular complexity index is 361. The van der Waals surface area contributed by atoms with E-state index in [2.05, 4.69) is 4.74 Å². The molecule has 7 heteroatoms. The van der Waals surface area contributed by atoms with Gasteiger partial charge in [-0.15, -0.1) is 0 Å². The zero-order valence-electron chi connectivity index (χ0n) is 10.6. The van der Waals surface area contributed by atoms with Gasteiger partial charge in [0.1, 0.15) is 5.60 Å². The topological polar surface area (TPSA) is 92.7 Å². The molecule has 0 bridgehead atoms. The number of aliphatic carboxylic acids is 1. The van der Waals surface area contributed by atoms with Crippen LogP contribution in [0.5, 0.6) is 0 Å². The van der Waals surface area contributed by atoms with Crippen LogP contribution >= 0.6 is 0 Å². The summed E-state index contributed by atoms with van der Waals surface area (Å²) in [5.41, 5.74) is -1.70. The summed E-state index contributed by atoms with van der Waals surface area (Å²) < 4.78 is 23.2. The van der Waals surface area contributed by atoms with E-state index in [1.54, 1.807) is 0 Å². The van der Waals surface area contributed by atoms with Crippen LogP contribution in [0, 0.1) is 0 Å². The van der Waals surface area contributed by atoms with E-state index >= 15 is 0 Å². The smallest absolute Gasteiger partial charge is 0.344 e. The zero-order valence-corrected chi connectivity index (χ0v) is 10.6. The highest BCUT2D eigenvalue weighted by atomic mass is 19.1. The van der Waals surface area contributed by atoms with Gasteiger partial charge in [0.25, 0.3) is 0 Å². The van der Waals surface area contributed by atoms with E-state index in [1.165, 1.54) is 0 Å². The number of halogens is 1. The highest BCUT2D eigenvalue weighted by Gasteiger charge is 2.45. The molecule has 0 N–H and O–H groups in total. The number of carboxylic acids is 1. The van der Waals surface area contributed by atoms with E-state index in [4.69, 9.17) is 4.74 Å². The maximum absolute atomic E-state index is 13.8. The number of carboxylic acid groups (broad SMARTS) is 1. The fourth-order valence-corrected chi connectivity index (χ4v) is 2.19. The van der Waals surface area contributed by atoms with Crippen LogP contribution in [0.1, 0.15) is 39.0 Å². The number of esters is 2. The monoisotopic (exact) mass is 275 g/mol. The summed E-state index contributed by atoms with van der Waals surface area (Å²) in [6.07, 6.45) is -0.192. The molecule has 1 aliphatic carbocycles. The lowest BCUT2D eigenvalue weighted by Gasteiger charge is -2.39. The van der Waals surface area contributed by atoms with Crippen LogP contribution in [0.15, 0.2) is 0 Å². The Morgan fingerprint density at radius 2 is 1.84 bits per heavy atom. The molecule has 0 radical (unpaired) electrons. The molecule has 1 unspecified atom stereocenters. The van der Waals surface area contributed by atoms with Gasteiger partial charge in [0, 0.05) is 6.92 Å². The third-order valence-corrected chi connectivity index (χ3v) is 3.08. The summed E-state index contributed by atoms with van der Waals surface area (Å²) in [5, 5.41) is 10.7. The van der Waals surface area contributed by atoms with Crippen molar-refractivity contribution in [2.45, 2.75) is 50.8 Å². The molecule has 1 fully saturated rings. The molecule has 1 aliphatic rings. The molecule has 0 heterocycles. The van der Waals surface area contributed by atoms with E-state index in [0.29, 0.717) is 12.8 Å². The molecule has 1 rings (SSSR count). The van der Waals surface area contributed by atoms with Crippen LogP contribution < -0.4 is 5.11 Å². The number of hydrogen-bond donors (Lipinski definition) is 0. The lowest BCUT2D eigenvalue weighted by atomic mass is 9.81. The third kappa shape index (κ3) is 4.18. The van der Waals surface area contributed by atoms with Gasteiger partial charge < -0.3 is 19.4 Å². The highest BCUT2D eigenvalue weighted by molar-refractivity contribution is 5.77. The molecule has 0 aromatic carbocycles. The molecular formula is C12H16FO6-. The Balaban J connectivity index is 2.71. The van der Waals surface area contributed by atoms with Crippen molar-refractivity contribution in [2.24, 2.45) is 0 Å². The van der Waals surface area contributed by atoms with Gasteiger partial charge >= 0.3 is 11.9 Å². The Kier molecular flexibility index (Phi) is 5.26. The van der Waals surface area contributed by atoms with Crippen LogP contribution in [0.3, 0.4) is 0 Å². The predicted octanol–water partition coefficient (Wildman–Crippen LogP) is -0.116. The molecule has 1 atom stereocenters. The van der Waals surface area contributed by atoms with Crippen LogP contribution in [0.25, 0.3) is 0 Å². The second-order valence-corrected chi connectivity index (χ2v) is 4.56. The molecule has 1 saturated carbocycles. The molecule has 19 heavy (non-hydrogen) atoms. The second-order valence-electron chi connectivity index (χ2n) is 4.56. The minimum atomic E-state index is -2.38. The quantitative estimate of drug-likeness (QED) is 0.650. The van der Waals surface area contributed by atoms with Crippen LogP contribution in [-0.4, -0.2) is 36.3 Å². The van der Waals surface area contributed by atoms with Gasteiger partial charge in [-0.25, -0.2) is 9.18 Å². The van der Waals surface area contributed by atoms with Crippen molar-refractivity contribution in [1.29, 1.82) is 0 Å². The first-order valence-electron chi connectivity index (χ1n) is 6.07. The molecule has 0 saturated heterocycles. The molecular weight excluding hydrogens is 259 g/mol. The Hall–Kier alpha value is -1.66. The Labute approximate surface area is 109 Å². The predicted molar refractivity (Wildman–Crippen MR) is 58.4 cm³/mol. The van der Waals surface area contributed by atoms with Gasteiger partial charge in [0.2, 0.25) is 0 Å². The number of alkyl halides is 1. The van der Waals surface area contributed by atoms with E-state index in [-0.39, 0.29) is 12.8 Å². The summed E-state index contributed by atoms with van der Waals surface area (Å²) in [4.78, 5) is 32.7. The fraction of sp³-hybridized carbons (Fsp3) is 0.750. The molecule has 108 valence electrons. The van der Waals surface area contributed by atoms with E-state index in [1.807, 2.05) is 0 Å². The molecule has 0 aromatic rings.